The Labute approximate surface area is 121 Å². The number of amides is 3. The van der Waals surface area contributed by atoms with Crippen LogP contribution in [0.15, 0.2) is 18.2 Å². The monoisotopic (exact) mass is 292 g/mol. The highest BCUT2D eigenvalue weighted by Crippen LogP contribution is 2.26. The molecule has 0 bridgehead atoms. The Morgan fingerprint density at radius 1 is 1.48 bits per heavy atom. The van der Waals surface area contributed by atoms with Gasteiger partial charge in [-0.05, 0) is 18.6 Å². The van der Waals surface area contributed by atoms with E-state index < -0.39 is 23.8 Å². The fourth-order valence-electron chi connectivity index (χ4n) is 2.26. The molecule has 1 aliphatic heterocycles. The summed E-state index contributed by atoms with van der Waals surface area (Å²) in [6.45, 7) is 1.53. The Balaban J connectivity index is 2.33. The maximum Gasteiger partial charge on any atom is 0.258 e. The molecule has 0 radical (unpaired) electrons. The van der Waals surface area contributed by atoms with Crippen molar-refractivity contribution in [3.8, 4) is 11.5 Å². The third-order valence-electron chi connectivity index (χ3n) is 3.34. The molecule has 1 heterocycles. The molecule has 7 nitrogen and oxygen atoms in total. The molecule has 1 aromatic rings. The Morgan fingerprint density at radius 3 is 2.76 bits per heavy atom. The Hall–Kier alpha value is -2.57. The minimum Gasteiger partial charge on any atom is -0.507 e. The van der Waals surface area contributed by atoms with Crippen molar-refractivity contribution in [1.82, 2.24) is 10.2 Å². The number of benzene rings is 1. The summed E-state index contributed by atoms with van der Waals surface area (Å²) in [5.74, 6) is -1.46. The quantitative estimate of drug-likeness (QED) is 0.780. The first kappa shape index (κ1) is 14.8. The van der Waals surface area contributed by atoms with Crippen LogP contribution in [-0.4, -0.2) is 47.4 Å². The van der Waals surface area contributed by atoms with Gasteiger partial charge in [-0.1, -0.05) is 6.92 Å². The second-order valence-corrected chi connectivity index (χ2v) is 4.65. The van der Waals surface area contributed by atoms with Gasteiger partial charge in [-0.25, -0.2) is 0 Å². The molecule has 1 atom stereocenters. The third kappa shape index (κ3) is 2.81. The van der Waals surface area contributed by atoms with Gasteiger partial charge in [-0.2, -0.15) is 0 Å². The van der Waals surface area contributed by atoms with Crippen molar-refractivity contribution >= 4 is 17.7 Å². The van der Waals surface area contributed by atoms with E-state index in [2.05, 4.69) is 5.32 Å². The fourth-order valence-corrected chi connectivity index (χ4v) is 2.26. The summed E-state index contributed by atoms with van der Waals surface area (Å²) in [5, 5.41) is 12.1. The summed E-state index contributed by atoms with van der Waals surface area (Å²) in [5.41, 5.74) is 0.0248. The van der Waals surface area contributed by atoms with Crippen LogP contribution in [0.4, 0.5) is 0 Å². The Morgan fingerprint density at radius 2 is 2.19 bits per heavy atom. The number of aromatic hydroxyl groups is 1. The van der Waals surface area contributed by atoms with Crippen LogP contribution >= 0.6 is 0 Å². The van der Waals surface area contributed by atoms with Crippen molar-refractivity contribution in [3.63, 3.8) is 0 Å². The van der Waals surface area contributed by atoms with Crippen LogP contribution in [0.2, 0.25) is 0 Å². The van der Waals surface area contributed by atoms with Crippen LogP contribution in [0.3, 0.4) is 0 Å². The predicted octanol–water partition coefficient (Wildman–Crippen LogP) is 0.278. The molecule has 1 saturated heterocycles. The van der Waals surface area contributed by atoms with Crippen molar-refractivity contribution in [2.45, 2.75) is 19.4 Å². The lowest BCUT2D eigenvalue weighted by atomic mass is 10.1. The van der Waals surface area contributed by atoms with E-state index in [-0.39, 0.29) is 17.9 Å². The number of nitrogens with one attached hydrogen (secondary N) is 1. The van der Waals surface area contributed by atoms with E-state index >= 15 is 0 Å². The number of phenols is 1. The minimum absolute atomic E-state index is 0.0248. The summed E-state index contributed by atoms with van der Waals surface area (Å²) in [6.07, 6.45) is 0.377. The first-order chi connectivity index (χ1) is 9.97. The average molecular weight is 292 g/mol. The maximum absolute atomic E-state index is 12.5. The number of piperazine rings is 1. The van der Waals surface area contributed by atoms with Crippen molar-refractivity contribution in [2.75, 3.05) is 13.7 Å². The van der Waals surface area contributed by atoms with Crippen LogP contribution in [0.5, 0.6) is 11.5 Å². The number of hydrogen-bond donors (Lipinski definition) is 2. The van der Waals surface area contributed by atoms with Crippen LogP contribution in [0.25, 0.3) is 0 Å². The second kappa shape index (κ2) is 5.82. The van der Waals surface area contributed by atoms with Crippen molar-refractivity contribution in [3.05, 3.63) is 23.8 Å². The zero-order valence-corrected chi connectivity index (χ0v) is 11.8. The summed E-state index contributed by atoms with van der Waals surface area (Å²) in [7, 11) is 1.44. The number of carbonyl (C=O) groups is 3. The highest BCUT2D eigenvalue weighted by atomic mass is 16.5. The fraction of sp³-hybridized carbons (Fsp3) is 0.357. The first-order valence-electron chi connectivity index (χ1n) is 6.49. The lowest BCUT2D eigenvalue weighted by Gasteiger charge is -2.33. The third-order valence-corrected chi connectivity index (χ3v) is 3.34. The molecular formula is C14H16N2O5. The summed E-state index contributed by atoms with van der Waals surface area (Å²) in [6, 6.07) is 3.51. The molecule has 1 aliphatic rings. The molecule has 2 rings (SSSR count). The lowest BCUT2D eigenvalue weighted by Crippen LogP contribution is -2.59. The number of hydrogen-bond acceptors (Lipinski definition) is 5. The van der Waals surface area contributed by atoms with Gasteiger partial charge in [0.2, 0.25) is 11.8 Å². The van der Waals surface area contributed by atoms with Crippen molar-refractivity contribution < 1.29 is 24.2 Å². The smallest absolute Gasteiger partial charge is 0.258 e. The van der Waals surface area contributed by atoms with E-state index in [9.17, 15) is 19.5 Å². The van der Waals surface area contributed by atoms with Gasteiger partial charge < -0.3 is 14.7 Å². The van der Waals surface area contributed by atoms with E-state index in [4.69, 9.17) is 4.74 Å². The topological polar surface area (TPSA) is 95.9 Å². The standard InChI is InChI=1S/C14H16N2O5/c1-3-10-13(19)15-12(18)7-16(10)14(20)9-5-4-8(21-2)6-11(9)17/h4-6,10,17H,3,7H2,1-2H3,(H,15,18,19). The van der Waals surface area contributed by atoms with E-state index in [1.165, 1.54) is 30.2 Å². The van der Waals surface area contributed by atoms with Gasteiger partial charge >= 0.3 is 0 Å². The highest BCUT2D eigenvalue weighted by Gasteiger charge is 2.36. The van der Waals surface area contributed by atoms with E-state index in [0.717, 1.165) is 0 Å². The summed E-state index contributed by atoms with van der Waals surface area (Å²) >= 11 is 0. The van der Waals surface area contributed by atoms with Gasteiger partial charge in [0.25, 0.3) is 5.91 Å². The molecular weight excluding hydrogens is 276 g/mol. The van der Waals surface area contributed by atoms with Gasteiger partial charge in [0.1, 0.15) is 24.1 Å². The number of phenolic OH excluding ortho intramolecular Hbond substituents is 1. The molecule has 0 aromatic heterocycles. The highest BCUT2D eigenvalue weighted by molar-refractivity contribution is 6.07. The number of nitrogens with zero attached hydrogens (tertiary/aromatic N) is 1. The average Bonchev–Trinajstić information content (AvgIpc) is 2.45. The molecule has 2 N–H and O–H groups in total. The van der Waals surface area contributed by atoms with E-state index in [1.54, 1.807) is 6.92 Å². The van der Waals surface area contributed by atoms with Crippen LogP contribution in [0.1, 0.15) is 23.7 Å². The number of imide groups is 1. The lowest BCUT2D eigenvalue weighted by molar-refractivity contribution is -0.138. The summed E-state index contributed by atoms with van der Waals surface area (Å²) in [4.78, 5) is 36.9. The van der Waals surface area contributed by atoms with Gasteiger partial charge in [0.05, 0.1) is 12.7 Å². The number of methoxy groups -OCH3 is 1. The Bertz CT molecular complexity index is 599. The molecule has 1 aromatic carbocycles. The van der Waals surface area contributed by atoms with Gasteiger partial charge in [-0.3, -0.25) is 19.7 Å². The molecule has 7 heteroatoms. The zero-order valence-electron chi connectivity index (χ0n) is 11.8. The minimum atomic E-state index is -0.725. The SMILES string of the molecule is CCC1C(=O)NC(=O)CN1C(=O)c1ccc(OC)cc1O. The molecule has 21 heavy (non-hydrogen) atoms. The largest absolute Gasteiger partial charge is 0.507 e. The number of ether oxygens (including phenoxy) is 1. The van der Waals surface area contributed by atoms with E-state index in [1.807, 2.05) is 0 Å². The maximum atomic E-state index is 12.5. The molecule has 0 spiro atoms. The molecule has 0 saturated carbocycles. The molecule has 3 amide bonds. The molecule has 0 aliphatic carbocycles. The van der Waals surface area contributed by atoms with Crippen LogP contribution < -0.4 is 10.1 Å². The van der Waals surface area contributed by atoms with Crippen LogP contribution in [-0.2, 0) is 9.59 Å². The molecule has 1 fully saturated rings. The molecule has 112 valence electrons. The first-order valence-corrected chi connectivity index (χ1v) is 6.49. The van der Waals surface area contributed by atoms with Gasteiger partial charge in [0.15, 0.2) is 0 Å². The van der Waals surface area contributed by atoms with Crippen molar-refractivity contribution in [1.29, 1.82) is 0 Å². The second-order valence-electron chi connectivity index (χ2n) is 4.65. The van der Waals surface area contributed by atoms with Gasteiger partial charge in [0, 0.05) is 6.07 Å². The Kier molecular flexibility index (Phi) is 4.11. The number of rotatable bonds is 3. The van der Waals surface area contributed by atoms with E-state index in [0.29, 0.717) is 12.2 Å². The summed E-state index contributed by atoms with van der Waals surface area (Å²) < 4.78 is 4.95. The van der Waals surface area contributed by atoms with Gasteiger partial charge in [-0.15, -0.1) is 0 Å². The predicted molar refractivity (Wildman–Crippen MR) is 72.9 cm³/mol. The normalized spacial score (nSPS) is 18.4. The van der Waals surface area contributed by atoms with Crippen molar-refractivity contribution in [2.24, 2.45) is 0 Å². The van der Waals surface area contributed by atoms with Crippen LogP contribution in [0, 0.1) is 0 Å². The molecule has 1 unspecified atom stereocenters. The zero-order chi connectivity index (χ0) is 15.6. The number of carbonyl (C=O) groups excluding carboxylic acids is 3.